The molecule has 38 atom stereocenters. The van der Waals surface area contributed by atoms with E-state index in [1.807, 2.05) is 32.1 Å². The first kappa shape index (κ1) is 122. The molecule has 38 heteroatoms. The third-order valence-corrected chi connectivity index (χ3v) is 25.6. The molecule has 0 aromatic heterocycles. The Labute approximate surface area is 808 Å². The molecule has 0 radical (unpaired) electrons. The molecule has 0 saturated carbocycles. The number of carboxylic acid groups (broad SMARTS) is 2. The van der Waals surface area contributed by atoms with Crippen LogP contribution in [0.15, 0.2) is 170 Å². The number of aliphatic carboxylic acids is 2. The van der Waals surface area contributed by atoms with E-state index in [2.05, 4.69) is 0 Å². The zero-order valence-corrected chi connectivity index (χ0v) is 80.2. The molecule has 4 saturated heterocycles. The number of carbonyl (C=O) groups excluding carboxylic acids is 2. The third kappa shape index (κ3) is 42.5. The molecular formula is C100H158N2O36. The summed E-state index contributed by atoms with van der Waals surface area (Å²) in [4.78, 5) is 52.2. The van der Waals surface area contributed by atoms with Gasteiger partial charge in [-0.2, -0.15) is 0 Å². The first-order valence-corrected chi connectivity index (χ1v) is 47.8. The molecule has 6 heterocycles. The number of ether oxygens (including phenoxy) is 8. The van der Waals surface area contributed by atoms with Gasteiger partial charge in [-0.15, -0.1) is 0 Å². The lowest BCUT2D eigenvalue weighted by atomic mass is 9.82. The average molecular weight is 1960 g/mol. The molecule has 0 spiro atoms. The summed E-state index contributed by atoms with van der Waals surface area (Å²) in [6.07, 6.45) is 6.99. The lowest BCUT2D eigenvalue weighted by molar-refractivity contribution is -0.312. The number of hydrogen-bond acceptors (Lipinski definition) is 36. The van der Waals surface area contributed by atoms with Crippen LogP contribution < -0.4 is 5.73 Å². The smallest absolute Gasteiger partial charge is 0.311 e. The van der Waals surface area contributed by atoms with Crippen LogP contribution in [0.4, 0.5) is 0 Å². The van der Waals surface area contributed by atoms with Gasteiger partial charge in [0.15, 0.2) is 24.2 Å². The molecule has 0 amide bonds. The van der Waals surface area contributed by atoms with Gasteiger partial charge in [-0.05, 0) is 79.1 Å². The monoisotopic (exact) mass is 1960 g/mol. The Bertz CT molecular complexity index is 3970. The maximum absolute atomic E-state index is 12.7. The van der Waals surface area contributed by atoms with E-state index in [0.717, 1.165) is 0 Å². The zero-order valence-electron chi connectivity index (χ0n) is 80.2. The molecule has 38 nitrogen and oxygen atoms in total. The molecular weight excluding hydrogens is 1810 g/mol. The maximum atomic E-state index is 12.7. The van der Waals surface area contributed by atoms with Crippen molar-refractivity contribution in [2.45, 2.75) is 366 Å². The fourth-order valence-corrected chi connectivity index (χ4v) is 17.3. The predicted octanol–water partition coefficient (Wildman–Crippen LogP) is 1.53. The van der Waals surface area contributed by atoms with Gasteiger partial charge in [-0.3, -0.25) is 24.1 Å². The highest BCUT2D eigenvalue weighted by molar-refractivity contribution is 5.72. The number of aliphatic hydroxyl groups excluding tert-OH is 20. The van der Waals surface area contributed by atoms with Crippen LogP contribution in [-0.2, 0) is 57.1 Å². The fourth-order valence-electron chi connectivity index (χ4n) is 17.3. The van der Waals surface area contributed by atoms with Gasteiger partial charge in [0.1, 0.15) is 36.3 Å². The van der Waals surface area contributed by atoms with E-state index < -0.39 is 294 Å². The molecule has 6 aliphatic heterocycles. The Morgan fingerprint density at radius 2 is 0.688 bits per heavy atom. The number of hydrogen-bond donors (Lipinski definition) is 25. The lowest BCUT2D eigenvalue weighted by Crippen LogP contribution is -2.64. The van der Waals surface area contributed by atoms with Gasteiger partial charge in [-0.25, -0.2) is 0 Å². The quantitative estimate of drug-likeness (QED) is 0.116. The van der Waals surface area contributed by atoms with E-state index >= 15 is 0 Å². The van der Waals surface area contributed by atoms with Crippen molar-refractivity contribution in [3.63, 3.8) is 0 Å². The molecule has 4 bridgehead atoms. The topological polar surface area (TPSA) is 657 Å². The van der Waals surface area contributed by atoms with Crippen molar-refractivity contribution < 1.29 is 180 Å². The normalized spacial score (nSPS) is 43.6. The molecule has 0 aromatic rings. The van der Waals surface area contributed by atoms with Crippen molar-refractivity contribution in [3.8, 4) is 0 Å². The third-order valence-electron chi connectivity index (χ3n) is 25.6. The van der Waals surface area contributed by atoms with E-state index in [1.54, 1.807) is 179 Å². The summed E-state index contributed by atoms with van der Waals surface area (Å²) in [7, 11) is 0. The highest BCUT2D eigenvalue weighted by Crippen LogP contribution is 2.42. The Morgan fingerprint density at radius 1 is 0.370 bits per heavy atom. The van der Waals surface area contributed by atoms with Crippen LogP contribution in [-0.4, -0.2) is 373 Å². The second kappa shape index (κ2) is 62.6. The van der Waals surface area contributed by atoms with E-state index in [1.165, 1.54) is 19.1 Å². The zero-order chi connectivity index (χ0) is 103. The Morgan fingerprint density at radius 3 is 1.02 bits per heavy atom. The molecule has 6 aliphatic rings. The summed E-state index contributed by atoms with van der Waals surface area (Å²) in [6.45, 7) is 13.7. The minimum absolute atomic E-state index is 0.107. The number of carboxylic acids is 2. The summed E-state index contributed by atoms with van der Waals surface area (Å²) < 4.78 is 46.9. The summed E-state index contributed by atoms with van der Waals surface area (Å²) in [6, 6.07) is -2.13. The van der Waals surface area contributed by atoms with E-state index in [9.17, 15) is 142 Å². The Kier molecular flexibility index (Phi) is 55.1. The van der Waals surface area contributed by atoms with Crippen molar-refractivity contribution in [3.05, 3.63) is 170 Å². The van der Waals surface area contributed by atoms with Crippen molar-refractivity contribution in [2.24, 2.45) is 41.2 Å². The largest absolute Gasteiger partial charge is 0.481 e. The second-order valence-corrected chi connectivity index (χ2v) is 37.2. The minimum Gasteiger partial charge on any atom is -0.481 e. The molecule has 6 rings (SSSR count). The Balaban J connectivity index is 0.000000490. The molecule has 138 heavy (non-hydrogen) atoms. The molecule has 0 aromatic carbocycles. The number of esters is 2. The highest BCUT2D eigenvalue weighted by Gasteiger charge is 2.54. The van der Waals surface area contributed by atoms with Crippen LogP contribution in [0, 0.1) is 35.5 Å². The van der Waals surface area contributed by atoms with Crippen LogP contribution in [0.25, 0.3) is 0 Å². The van der Waals surface area contributed by atoms with Crippen LogP contribution in [0.1, 0.15) is 171 Å². The van der Waals surface area contributed by atoms with Crippen LogP contribution in [0.2, 0.25) is 0 Å². The van der Waals surface area contributed by atoms with Crippen molar-refractivity contribution in [1.29, 1.82) is 0 Å². The molecule has 4 fully saturated rings. The van der Waals surface area contributed by atoms with Gasteiger partial charge >= 0.3 is 23.9 Å². The van der Waals surface area contributed by atoms with Crippen LogP contribution in [0.5, 0.6) is 0 Å². The number of aliphatic hydroxyl groups is 22. The van der Waals surface area contributed by atoms with Gasteiger partial charge in [0.25, 0.3) is 0 Å². The van der Waals surface area contributed by atoms with Gasteiger partial charge in [-0.1, -0.05) is 198 Å². The first-order valence-electron chi connectivity index (χ1n) is 47.8. The lowest BCUT2D eigenvalue weighted by Gasteiger charge is -2.47. The number of fused-ring (bicyclic) bond motifs is 4. The van der Waals surface area contributed by atoms with Gasteiger partial charge < -0.3 is 166 Å². The number of nitrogens with zero attached hydrogens (tertiary/aromatic N) is 1. The summed E-state index contributed by atoms with van der Waals surface area (Å²) in [5, 5.41) is 258. The maximum Gasteiger partial charge on any atom is 0.311 e. The molecule has 784 valence electrons. The number of cyclic esters (lactones) is 2. The molecule has 0 aliphatic carbocycles. The highest BCUT2D eigenvalue weighted by atomic mass is 16.7. The summed E-state index contributed by atoms with van der Waals surface area (Å²) >= 11 is 0. The number of carbonyl (C=O) groups is 4. The van der Waals surface area contributed by atoms with Gasteiger partial charge in [0.2, 0.25) is 0 Å². The number of rotatable bonds is 13. The predicted molar refractivity (Wildman–Crippen MR) is 505 cm³/mol. The van der Waals surface area contributed by atoms with E-state index in [-0.39, 0.29) is 89.5 Å². The van der Waals surface area contributed by atoms with Crippen molar-refractivity contribution in [1.82, 2.24) is 4.90 Å². The van der Waals surface area contributed by atoms with Crippen molar-refractivity contribution >= 4 is 23.9 Å². The fraction of sp³-hybridized carbons (Fsp3) is 0.680. The van der Waals surface area contributed by atoms with Crippen molar-refractivity contribution in [2.75, 3.05) is 26.3 Å². The Hall–Kier alpha value is -6.96. The van der Waals surface area contributed by atoms with Crippen LogP contribution >= 0.6 is 0 Å². The number of allylic oxidation sites excluding steroid dienone is 24. The second-order valence-electron chi connectivity index (χ2n) is 37.2. The first-order chi connectivity index (χ1) is 65.2. The number of nitrogens with two attached hydrogens (primary N) is 1. The van der Waals surface area contributed by atoms with Gasteiger partial charge in [0.05, 0.1) is 159 Å². The van der Waals surface area contributed by atoms with Gasteiger partial charge in [0, 0.05) is 101 Å². The van der Waals surface area contributed by atoms with E-state index in [4.69, 9.17) is 43.6 Å². The average Bonchev–Trinajstić information content (AvgIpc) is 0.784. The standard InChI is InChI=1S/C53H85NO19.C47H73NO17/c1-33-19-15-13-11-9-7-5-6-8-10-12-14-16-20-40(72-52-50(66)47(49(65)36(4)71-52)54(23-17-25-55)24-18-26-56)30-44-46(51(67)68)43(62)32-53(69,73-44)31-39(59)28-42(61)41(60)22-21-37(57)27-38(58)29-45(63)70-35(3)34(2)48(33)64;1-27-17-15-13-11-9-7-5-6-8-10-12-14-16-18-34(64-46-44(58)41(48)43(57)30(4)63-46)24-38-40(45(59)60)37(54)26-47(61,65-38)25-33(51)22-36(53)35(52)20-19-31(49)21-32(50)23-39(55)62-29(3)28(2)42(27)56/h5-16,19-20,33-44,46-50,52,55-62,64-66,69H,17-18,21-32H2,1-4H3,(H,67,68);5-18,27-38,40-44,46,49-54,56-58,61H,19-26,48H2,1-4H3,(H,59,60)/b6-5+,9-7+,10-8+,13-11+,14-12+,19-15+,20-16+;6-5+,9-7+,10-8+,13-11+,14-12+,17-15+,18-16+/t33-,34-,35-,36+,37+,38+,39-,40-,41+,42+,43-,44?,46+,47-,48+,49+,50-,52?,53+;27-,28-,29-,30+,31+,32+,33-,34-,35+,36+,37-,38?,40+,41-,42+,43+,44-,46?,47+/m00/s1. The summed E-state index contributed by atoms with van der Waals surface area (Å²) in [5.74, 6) is -13.8. The summed E-state index contributed by atoms with van der Waals surface area (Å²) in [5.41, 5.74) is 6.02. The minimum atomic E-state index is -2.36. The van der Waals surface area contributed by atoms with Crippen LogP contribution in [0.3, 0.4) is 0 Å². The molecule has 26 N–H and O–H groups in total. The van der Waals surface area contributed by atoms with E-state index in [0.29, 0.717) is 12.8 Å². The SMILES string of the molecule is C[C@@H]1[C@H](O)[C@@H](C)/C=C/C=C/C=C/C=C/C=C/C=C/C=C/[C@H](OC2O[C@H](C)[C@@H](O)[C@H](N(CCCO)CCCO)[C@@H]2O)CC2O[C@](O)(C[C@@H](O)C[C@@H](O)[C@H](O)CC[C@@H](O)C[C@@H](O)CC(=O)O[C@H]1C)C[C@H](O)[C@H]2C(=O)O.C[C@@H]1[C@H](O)[C@@H](C)/C=C/C=C/C=C/C=C/C=C/C=C/C=C/[C@H](OC2O[C@H](C)[C@@H](O)[C@H](N)[C@@H]2O)CC2O[C@](O)(C[C@@H](O)C[C@@H](O)[C@H](O)CC[C@@H](O)C[C@@H](O)CC(=O)O[C@H]1C)C[C@H](O)[C@H]2C(=O)O. The molecule has 4 unspecified atom stereocenters.